The standard InChI is InChI=1S/C22H33N3O3/c1-4-21(26)25-13-12-18-9-7-10-19(23(18)2)15-24(22(27)16-28-3)14-17-8-5-6-11-20(17)25/h5-6,8,11,18-19H,4,7,9-10,12-16H2,1-3H3. The van der Waals surface area contributed by atoms with Crippen LogP contribution in [0.4, 0.5) is 5.69 Å². The molecule has 2 unspecified atom stereocenters. The lowest BCUT2D eigenvalue weighted by molar-refractivity contribution is -0.137. The highest BCUT2D eigenvalue weighted by molar-refractivity contribution is 5.94. The van der Waals surface area contributed by atoms with Crippen LogP contribution >= 0.6 is 0 Å². The van der Waals surface area contributed by atoms with E-state index in [9.17, 15) is 9.59 Å². The molecular formula is C22H33N3O3. The smallest absolute Gasteiger partial charge is 0.248 e. The summed E-state index contributed by atoms with van der Waals surface area (Å²) in [6.07, 6.45) is 4.85. The van der Waals surface area contributed by atoms with E-state index in [0.29, 0.717) is 31.6 Å². The molecule has 1 fully saturated rings. The van der Waals surface area contributed by atoms with Crippen molar-refractivity contribution in [2.24, 2.45) is 0 Å². The SMILES string of the molecule is CCC(=O)N1CCC2CCCC(CN(C(=O)COC)Cc3ccccc31)N2C. The van der Waals surface area contributed by atoms with Crippen molar-refractivity contribution in [3.05, 3.63) is 29.8 Å². The summed E-state index contributed by atoms with van der Waals surface area (Å²) in [5.41, 5.74) is 1.96. The predicted molar refractivity (Wildman–Crippen MR) is 110 cm³/mol. The molecule has 2 amide bonds. The zero-order valence-corrected chi connectivity index (χ0v) is 17.4. The molecule has 0 spiro atoms. The number of rotatable bonds is 3. The lowest BCUT2D eigenvalue weighted by atomic mass is 9.93. The third-order valence-electron chi connectivity index (χ3n) is 6.21. The van der Waals surface area contributed by atoms with Gasteiger partial charge in [-0.15, -0.1) is 0 Å². The number of likely N-dealkylation sites (N-methyl/N-ethyl adjacent to an activating group) is 1. The van der Waals surface area contributed by atoms with Crippen LogP contribution in [0.3, 0.4) is 0 Å². The summed E-state index contributed by atoms with van der Waals surface area (Å²) >= 11 is 0. The minimum absolute atomic E-state index is 0.000409. The van der Waals surface area contributed by atoms with Gasteiger partial charge in [0.25, 0.3) is 0 Å². The van der Waals surface area contributed by atoms with Gasteiger partial charge in [-0.2, -0.15) is 0 Å². The number of hydrogen-bond donors (Lipinski definition) is 0. The second-order valence-electron chi connectivity index (χ2n) is 7.93. The first-order valence-corrected chi connectivity index (χ1v) is 10.4. The third kappa shape index (κ3) is 4.55. The van der Waals surface area contributed by atoms with Crippen LogP contribution in [0.25, 0.3) is 0 Å². The fourth-order valence-electron chi connectivity index (χ4n) is 4.55. The van der Waals surface area contributed by atoms with E-state index in [1.807, 2.05) is 41.0 Å². The predicted octanol–water partition coefficient (Wildman–Crippen LogP) is 2.66. The molecule has 6 heteroatoms. The first-order valence-electron chi connectivity index (χ1n) is 10.4. The molecule has 0 radical (unpaired) electrons. The average molecular weight is 388 g/mol. The Labute approximate surface area is 168 Å². The number of ether oxygens (including phenoxy) is 1. The monoisotopic (exact) mass is 387 g/mol. The molecule has 1 aromatic carbocycles. The molecule has 1 aromatic rings. The maximum atomic E-state index is 12.8. The molecule has 6 nitrogen and oxygen atoms in total. The zero-order valence-electron chi connectivity index (χ0n) is 17.4. The minimum atomic E-state index is 0.000409. The number of nitrogens with zero attached hydrogens (tertiary/aromatic N) is 3. The highest BCUT2D eigenvalue weighted by Crippen LogP contribution is 2.29. The van der Waals surface area contributed by atoms with Gasteiger partial charge in [-0.25, -0.2) is 0 Å². The average Bonchev–Trinajstić information content (AvgIpc) is 2.71. The van der Waals surface area contributed by atoms with E-state index in [1.165, 1.54) is 6.42 Å². The number of carbonyl (C=O) groups is 2. The van der Waals surface area contributed by atoms with Gasteiger partial charge in [0, 0.05) is 50.9 Å². The summed E-state index contributed by atoms with van der Waals surface area (Å²) in [6.45, 7) is 3.91. The molecule has 0 saturated carbocycles. The van der Waals surface area contributed by atoms with Crippen molar-refractivity contribution >= 4 is 17.5 Å². The largest absolute Gasteiger partial charge is 0.375 e. The number of piperidine rings is 1. The molecule has 1 saturated heterocycles. The van der Waals surface area contributed by atoms with Gasteiger partial charge >= 0.3 is 0 Å². The fraction of sp³-hybridized carbons (Fsp3) is 0.636. The van der Waals surface area contributed by atoms with Gasteiger partial charge in [0.1, 0.15) is 6.61 Å². The van der Waals surface area contributed by atoms with Gasteiger partial charge in [-0.1, -0.05) is 31.5 Å². The molecule has 28 heavy (non-hydrogen) atoms. The first kappa shape index (κ1) is 20.8. The topological polar surface area (TPSA) is 53.1 Å². The minimum Gasteiger partial charge on any atom is -0.375 e. The van der Waals surface area contributed by atoms with E-state index in [1.54, 1.807) is 7.11 Å². The lowest BCUT2D eigenvalue weighted by Crippen LogP contribution is -2.51. The van der Waals surface area contributed by atoms with E-state index < -0.39 is 0 Å². The van der Waals surface area contributed by atoms with Crippen molar-refractivity contribution < 1.29 is 14.3 Å². The van der Waals surface area contributed by atoms with Gasteiger partial charge in [0.2, 0.25) is 11.8 Å². The summed E-state index contributed by atoms with van der Waals surface area (Å²) in [4.78, 5) is 31.8. The summed E-state index contributed by atoms with van der Waals surface area (Å²) in [7, 11) is 3.73. The summed E-state index contributed by atoms with van der Waals surface area (Å²) in [5, 5.41) is 0. The Bertz CT molecular complexity index is 693. The van der Waals surface area contributed by atoms with Crippen molar-refractivity contribution in [1.82, 2.24) is 9.80 Å². The molecular weight excluding hydrogens is 354 g/mol. The van der Waals surface area contributed by atoms with Crippen molar-refractivity contribution in [2.75, 3.05) is 38.8 Å². The van der Waals surface area contributed by atoms with Crippen molar-refractivity contribution in [3.63, 3.8) is 0 Å². The normalized spacial score (nSPS) is 23.7. The van der Waals surface area contributed by atoms with Gasteiger partial charge in [0.15, 0.2) is 0 Å². The second kappa shape index (κ2) is 9.52. The highest BCUT2D eigenvalue weighted by Gasteiger charge is 2.32. The number of fused-ring (bicyclic) bond motifs is 3. The van der Waals surface area contributed by atoms with Crippen LogP contribution < -0.4 is 4.90 Å². The Hall–Kier alpha value is -1.92. The maximum Gasteiger partial charge on any atom is 0.248 e. The van der Waals surface area contributed by atoms with E-state index in [2.05, 4.69) is 11.9 Å². The molecule has 2 aliphatic rings. The van der Waals surface area contributed by atoms with Gasteiger partial charge in [0.05, 0.1) is 0 Å². The van der Waals surface area contributed by atoms with Crippen molar-refractivity contribution in [2.45, 2.75) is 57.7 Å². The van der Waals surface area contributed by atoms with Crippen molar-refractivity contribution in [3.8, 4) is 0 Å². The Morgan fingerprint density at radius 2 is 1.86 bits per heavy atom. The number of benzene rings is 1. The molecule has 2 aliphatic heterocycles. The number of anilines is 1. The maximum absolute atomic E-state index is 12.8. The molecule has 2 atom stereocenters. The van der Waals surface area contributed by atoms with Gasteiger partial charge in [-0.3, -0.25) is 14.5 Å². The van der Waals surface area contributed by atoms with Crippen molar-refractivity contribution in [1.29, 1.82) is 0 Å². The van der Waals surface area contributed by atoms with Gasteiger partial charge in [-0.05, 0) is 37.9 Å². The molecule has 0 aromatic heterocycles. The Balaban J connectivity index is 2.00. The van der Waals surface area contributed by atoms with Crippen LogP contribution in [-0.2, 0) is 20.9 Å². The van der Waals surface area contributed by atoms with E-state index in [4.69, 9.17) is 4.74 Å². The number of para-hydroxylation sites is 1. The lowest BCUT2D eigenvalue weighted by Gasteiger charge is -2.41. The molecule has 2 bridgehead atoms. The molecule has 0 aliphatic carbocycles. The first-order chi connectivity index (χ1) is 13.5. The number of hydrogen-bond acceptors (Lipinski definition) is 4. The number of amides is 2. The zero-order chi connectivity index (χ0) is 20.1. The summed E-state index contributed by atoms with van der Waals surface area (Å²) in [6, 6.07) is 8.79. The second-order valence-corrected chi connectivity index (χ2v) is 7.93. The van der Waals surface area contributed by atoms with E-state index >= 15 is 0 Å². The summed E-state index contributed by atoms with van der Waals surface area (Å²) in [5.74, 6) is 0.136. The van der Waals surface area contributed by atoms with Gasteiger partial charge < -0.3 is 14.5 Å². The van der Waals surface area contributed by atoms with Crippen LogP contribution in [0.1, 0.15) is 44.6 Å². The summed E-state index contributed by atoms with van der Waals surface area (Å²) < 4.78 is 5.14. The van der Waals surface area contributed by atoms with E-state index in [-0.39, 0.29) is 18.4 Å². The molecule has 2 heterocycles. The number of carbonyl (C=O) groups excluding carboxylic acids is 2. The van der Waals surface area contributed by atoms with Crippen LogP contribution in [0, 0.1) is 0 Å². The quantitative estimate of drug-likeness (QED) is 0.800. The van der Waals surface area contributed by atoms with Crippen LogP contribution in [-0.4, -0.2) is 67.6 Å². The van der Waals surface area contributed by atoms with Crippen LogP contribution in [0.5, 0.6) is 0 Å². The Kier molecular flexibility index (Phi) is 7.08. The molecule has 3 rings (SSSR count). The van der Waals surface area contributed by atoms with E-state index in [0.717, 1.165) is 37.1 Å². The van der Waals surface area contributed by atoms with Crippen LogP contribution in [0.2, 0.25) is 0 Å². The Morgan fingerprint density at radius 3 is 2.61 bits per heavy atom. The highest BCUT2D eigenvalue weighted by atomic mass is 16.5. The molecule has 0 N–H and O–H groups in total. The third-order valence-corrected chi connectivity index (χ3v) is 6.21. The molecule has 154 valence electrons. The fourth-order valence-corrected chi connectivity index (χ4v) is 4.55. The van der Waals surface area contributed by atoms with Crippen LogP contribution in [0.15, 0.2) is 24.3 Å². The number of methoxy groups -OCH3 is 1. The Morgan fingerprint density at radius 1 is 1.11 bits per heavy atom.